The Morgan fingerprint density at radius 2 is 1.29 bits per heavy atom. The highest BCUT2D eigenvalue weighted by Crippen LogP contribution is 2.41. The van der Waals surface area contributed by atoms with E-state index < -0.39 is 23.8 Å². The van der Waals surface area contributed by atoms with Gasteiger partial charge in [0.05, 0.1) is 11.7 Å². The Balaban J connectivity index is 1.44. The van der Waals surface area contributed by atoms with Gasteiger partial charge in [0.15, 0.2) is 5.69 Å². The molecule has 4 nitrogen and oxygen atoms in total. The van der Waals surface area contributed by atoms with E-state index in [1.165, 1.54) is 15.9 Å². The van der Waals surface area contributed by atoms with Crippen molar-refractivity contribution in [1.29, 1.82) is 0 Å². The van der Waals surface area contributed by atoms with Gasteiger partial charge in [-0.2, -0.15) is 36.5 Å². The molecule has 0 saturated heterocycles. The zero-order valence-corrected chi connectivity index (χ0v) is 22.1. The minimum atomic E-state index is -4.57. The van der Waals surface area contributed by atoms with E-state index in [9.17, 15) is 26.3 Å². The average molecular weight is 579 g/mol. The van der Waals surface area contributed by atoms with E-state index in [4.69, 9.17) is 0 Å². The maximum atomic E-state index is 13.4. The number of hydrogen-bond acceptors (Lipinski definition) is 3. The highest BCUT2D eigenvalue weighted by Gasteiger charge is 2.41. The molecule has 0 N–H and O–H groups in total. The van der Waals surface area contributed by atoms with E-state index >= 15 is 0 Å². The first-order chi connectivity index (χ1) is 20.1. The molecular weight excluding hydrogens is 554 g/mol. The smallest absolute Gasteiger partial charge is 0.289 e. The third-order valence-corrected chi connectivity index (χ3v) is 7.42. The Bertz CT molecular complexity index is 1710. The van der Waals surface area contributed by atoms with Crippen molar-refractivity contribution in [1.82, 2.24) is 14.8 Å². The molecule has 0 amide bonds. The molecule has 0 saturated carbocycles. The van der Waals surface area contributed by atoms with E-state index in [-0.39, 0.29) is 19.0 Å². The molecule has 2 aliphatic rings. The molecule has 1 atom stereocenters. The van der Waals surface area contributed by atoms with Crippen molar-refractivity contribution >= 4 is 11.3 Å². The van der Waals surface area contributed by atoms with Gasteiger partial charge in [0.2, 0.25) is 0 Å². The van der Waals surface area contributed by atoms with Gasteiger partial charge in [-0.3, -0.25) is 5.01 Å². The molecule has 6 rings (SSSR count). The van der Waals surface area contributed by atoms with Crippen LogP contribution in [0.15, 0.2) is 108 Å². The maximum absolute atomic E-state index is 13.4. The third-order valence-electron chi connectivity index (χ3n) is 7.42. The van der Waals surface area contributed by atoms with Gasteiger partial charge in [0, 0.05) is 24.7 Å². The number of hydrazone groups is 1. The van der Waals surface area contributed by atoms with Crippen LogP contribution in [0.3, 0.4) is 0 Å². The molecule has 214 valence electrons. The monoisotopic (exact) mass is 578 g/mol. The fraction of sp³-hybridized carbons (Fsp3) is 0.188. The van der Waals surface area contributed by atoms with Crippen molar-refractivity contribution in [2.75, 3.05) is 6.54 Å². The van der Waals surface area contributed by atoms with Crippen LogP contribution in [0.4, 0.5) is 26.3 Å². The molecule has 0 bridgehead atoms. The number of aromatic nitrogens is 2. The van der Waals surface area contributed by atoms with Gasteiger partial charge in [-0.1, -0.05) is 85.0 Å². The van der Waals surface area contributed by atoms with Crippen LogP contribution in [-0.2, 0) is 6.18 Å². The summed E-state index contributed by atoms with van der Waals surface area (Å²) in [6.07, 6.45) is -1.70. The molecule has 10 heteroatoms. The minimum absolute atomic E-state index is 0.165. The number of allylic oxidation sites excluding steroid dienone is 2. The second-order valence-electron chi connectivity index (χ2n) is 10.0. The van der Waals surface area contributed by atoms with Crippen LogP contribution < -0.4 is 0 Å². The van der Waals surface area contributed by atoms with Crippen molar-refractivity contribution in [3.8, 4) is 27.9 Å². The van der Waals surface area contributed by atoms with E-state index in [0.29, 0.717) is 17.7 Å². The van der Waals surface area contributed by atoms with E-state index in [1.807, 2.05) is 78.9 Å². The van der Waals surface area contributed by atoms with Crippen LogP contribution in [0.25, 0.3) is 33.5 Å². The van der Waals surface area contributed by atoms with E-state index in [2.05, 4.69) is 10.2 Å². The van der Waals surface area contributed by atoms with Crippen LogP contribution in [0.1, 0.15) is 24.1 Å². The summed E-state index contributed by atoms with van der Waals surface area (Å²) in [6.45, 7) is 0.167. The summed E-state index contributed by atoms with van der Waals surface area (Å²) in [5.41, 5.74) is 3.48. The maximum Gasteiger partial charge on any atom is 0.435 e. The number of nitrogens with zero attached hydrogens (tertiary/aromatic N) is 4. The first-order valence-electron chi connectivity index (χ1n) is 13.3. The molecule has 1 aliphatic carbocycles. The average Bonchev–Trinajstić information content (AvgIpc) is 3.68. The van der Waals surface area contributed by atoms with Gasteiger partial charge in [-0.05, 0) is 46.4 Å². The molecule has 42 heavy (non-hydrogen) atoms. The van der Waals surface area contributed by atoms with Gasteiger partial charge >= 0.3 is 12.4 Å². The normalized spacial score (nSPS) is 17.4. The lowest BCUT2D eigenvalue weighted by molar-refractivity contribution is -0.141. The Hall–Kier alpha value is -4.60. The van der Waals surface area contributed by atoms with Crippen LogP contribution in [-0.4, -0.2) is 39.3 Å². The number of para-hydroxylation sites is 1. The molecule has 0 spiro atoms. The topological polar surface area (TPSA) is 33.4 Å². The molecule has 4 aromatic rings. The number of hydrogen-bond donors (Lipinski definition) is 0. The van der Waals surface area contributed by atoms with Gasteiger partial charge in [0.1, 0.15) is 5.71 Å². The third kappa shape index (κ3) is 5.24. The molecular formula is C32H24F6N4. The molecule has 3 aromatic carbocycles. The number of alkyl halides is 6. The van der Waals surface area contributed by atoms with Crippen LogP contribution in [0.5, 0.6) is 0 Å². The quantitative estimate of drug-likeness (QED) is 0.222. The predicted molar refractivity (Wildman–Crippen MR) is 150 cm³/mol. The zero-order valence-electron chi connectivity index (χ0n) is 22.1. The Labute approximate surface area is 237 Å². The SMILES string of the molecule is FC(F)(F)C1=NN(C2CC=CC=C2c2ccccc2-c2ccccc2-c2ccccc2-n2ccc(C(F)(F)F)n2)CC1. The standard InChI is InChI=1S/C32H24F6N4/c33-31(34,35)29-17-19-41(39-29)27-15-7-5-13-25(27)23-11-3-1-9-21(23)22-10-2-4-12-24(22)26-14-6-8-16-28(26)42-20-18-30(40-42)32(36,37)38/h1-15,17,19,28H,16,18,20H2. The summed E-state index contributed by atoms with van der Waals surface area (Å²) in [7, 11) is 0. The zero-order chi connectivity index (χ0) is 29.5. The van der Waals surface area contributed by atoms with Crippen molar-refractivity contribution < 1.29 is 26.3 Å². The molecule has 1 aliphatic heterocycles. The van der Waals surface area contributed by atoms with Crippen LogP contribution in [0, 0.1) is 0 Å². The molecule has 0 radical (unpaired) electrons. The van der Waals surface area contributed by atoms with Crippen molar-refractivity contribution in [2.24, 2.45) is 5.10 Å². The second-order valence-corrected chi connectivity index (χ2v) is 10.0. The summed E-state index contributed by atoms with van der Waals surface area (Å²) in [5, 5.41) is 9.26. The van der Waals surface area contributed by atoms with Crippen molar-refractivity contribution in [2.45, 2.75) is 31.2 Å². The van der Waals surface area contributed by atoms with Gasteiger partial charge in [-0.15, -0.1) is 0 Å². The van der Waals surface area contributed by atoms with E-state index in [1.54, 1.807) is 12.1 Å². The Kier molecular flexibility index (Phi) is 7.00. The predicted octanol–water partition coefficient (Wildman–Crippen LogP) is 8.56. The van der Waals surface area contributed by atoms with Crippen LogP contribution >= 0.6 is 0 Å². The summed E-state index contributed by atoms with van der Waals surface area (Å²) < 4.78 is 81.3. The fourth-order valence-corrected chi connectivity index (χ4v) is 5.50. The summed E-state index contributed by atoms with van der Waals surface area (Å²) in [5.74, 6) is 0. The second kappa shape index (κ2) is 10.7. The summed E-state index contributed by atoms with van der Waals surface area (Å²) in [6, 6.07) is 22.8. The van der Waals surface area contributed by atoms with Gasteiger partial charge in [-0.25, -0.2) is 4.68 Å². The largest absolute Gasteiger partial charge is 0.435 e. The van der Waals surface area contributed by atoms with Crippen molar-refractivity contribution in [3.05, 3.63) is 115 Å². The van der Waals surface area contributed by atoms with Crippen molar-refractivity contribution in [3.63, 3.8) is 0 Å². The summed E-state index contributed by atoms with van der Waals surface area (Å²) in [4.78, 5) is 0. The molecule has 1 aromatic heterocycles. The van der Waals surface area contributed by atoms with E-state index in [0.717, 1.165) is 33.9 Å². The first-order valence-corrected chi connectivity index (χ1v) is 13.3. The number of rotatable bonds is 5. The van der Waals surface area contributed by atoms with Crippen LogP contribution in [0.2, 0.25) is 0 Å². The molecule has 2 heterocycles. The Morgan fingerprint density at radius 1 is 0.690 bits per heavy atom. The van der Waals surface area contributed by atoms with Gasteiger partial charge in [0.25, 0.3) is 0 Å². The number of halogens is 6. The molecule has 1 unspecified atom stereocenters. The van der Waals surface area contributed by atoms with Gasteiger partial charge < -0.3 is 0 Å². The lowest BCUT2D eigenvalue weighted by Gasteiger charge is -2.31. The highest BCUT2D eigenvalue weighted by atomic mass is 19.4. The first kappa shape index (κ1) is 27.6. The number of benzene rings is 3. The highest BCUT2D eigenvalue weighted by molar-refractivity contribution is 5.94. The fourth-order valence-electron chi connectivity index (χ4n) is 5.50. The summed E-state index contributed by atoms with van der Waals surface area (Å²) >= 11 is 0. The lowest BCUT2D eigenvalue weighted by atomic mass is 9.84. The Morgan fingerprint density at radius 3 is 1.90 bits per heavy atom. The lowest BCUT2D eigenvalue weighted by Crippen LogP contribution is -2.31. The minimum Gasteiger partial charge on any atom is -0.289 e. The molecule has 0 fully saturated rings.